The number of ether oxygens (including phenoxy) is 1. The molecule has 1 saturated heterocycles. The van der Waals surface area contributed by atoms with Crippen molar-refractivity contribution in [1.29, 1.82) is 0 Å². The lowest BCUT2D eigenvalue weighted by Crippen LogP contribution is -2.30. The van der Waals surface area contributed by atoms with Gasteiger partial charge in [-0.3, -0.25) is 4.79 Å². The molecular weight excluding hydrogens is 184 g/mol. The highest BCUT2D eigenvalue weighted by molar-refractivity contribution is 7.99. The molecule has 13 heavy (non-hydrogen) atoms. The van der Waals surface area contributed by atoms with Crippen LogP contribution in [0.3, 0.4) is 0 Å². The van der Waals surface area contributed by atoms with Gasteiger partial charge in [0.2, 0.25) is 0 Å². The van der Waals surface area contributed by atoms with Crippen molar-refractivity contribution >= 4 is 17.7 Å². The monoisotopic (exact) mass is 200 g/mol. The Bertz CT molecular complexity index is 183. The zero-order valence-corrected chi connectivity index (χ0v) is 8.65. The summed E-state index contributed by atoms with van der Waals surface area (Å²) < 4.78 is 5.38. The third kappa shape index (κ3) is 2.39. The Morgan fingerprint density at radius 2 is 1.85 bits per heavy atom. The Balaban J connectivity index is 1.74. The predicted octanol–water partition coefficient (Wildman–Crippen LogP) is 2.23. The van der Waals surface area contributed by atoms with E-state index in [0.29, 0.717) is 0 Å². The molecule has 0 bridgehead atoms. The van der Waals surface area contributed by atoms with E-state index < -0.39 is 0 Å². The lowest BCUT2D eigenvalue weighted by atomic mass is 9.95. The normalized spacial score (nSPS) is 25.2. The molecule has 0 aromatic heterocycles. The number of thioether (sulfide) groups is 1. The van der Waals surface area contributed by atoms with Gasteiger partial charge in [0.05, 0.1) is 5.92 Å². The van der Waals surface area contributed by atoms with Crippen molar-refractivity contribution in [2.45, 2.75) is 38.2 Å². The van der Waals surface area contributed by atoms with Crippen molar-refractivity contribution in [3.8, 4) is 0 Å². The Morgan fingerprint density at radius 3 is 2.38 bits per heavy atom. The van der Waals surface area contributed by atoms with Crippen LogP contribution < -0.4 is 0 Å². The van der Waals surface area contributed by atoms with E-state index in [0.717, 1.165) is 37.2 Å². The SMILES string of the molecule is O=C(OC1CCC1)C1CCSCC1. The Kier molecular flexibility index (Phi) is 3.14. The summed E-state index contributed by atoms with van der Waals surface area (Å²) in [6.07, 6.45) is 5.73. The minimum atomic E-state index is 0.0741. The van der Waals surface area contributed by atoms with Crippen LogP contribution in [0, 0.1) is 5.92 Å². The topological polar surface area (TPSA) is 26.3 Å². The van der Waals surface area contributed by atoms with Crippen LogP contribution in [0.2, 0.25) is 0 Å². The second-order valence-corrected chi connectivity index (χ2v) is 5.10. The van der Waals surface area contributed by atoms with Gasteiger partial charge in [0.15, 0.2) is 0 Å². The third-order valence-electron chi connectivity index (χ3n) is 2.89. The molecule has 0 spiro atoms. The Morgan fingerprint density at radius 1 is 1.15 bits per heavy atom. The molecule has 0 unspecified atom stereocenters. The second kappa shape index (κ2) is 4.36. The molecule has 0 aromatic carbocycles. The molecule has 2 aliphatic rings. The molecule has 74 valence electrons. The van der Waals surface area contributed by atoms with Crippen molar-refractivity contribution in [2.75, 3.05) is 11.5 Å². The average Bonchev–Trinajstić information content (AvgIpc) is 2.12. The molecule has 1 aliphatic heterocycles. The molecule has 0 atom stereocenters. The number of carbonyl (C=O) groups is 1. The van der Waals surface area contributed by atoms with Gasteiger partial charge >= 0.3 is 5.97 Å². The van der Waals surface area contributed by atoms with Crippen molar-refractivity contribution in [2.24, 2.45) is 5.92 Å². The molecule has 2 fully saturated rings. The molecule has 0 N–H and O–H groups in total. The van der Waals surface area contributed by atoms with Gasteiger partial charge in [-0.2, -0.15) is 11.8 Å². The number of hydrogen-bond acceptors (Lipinski definition) is 3. The summed E-state index contributed by atoms with van der Waals surface area (Å²) in [4.78, 5) is 11.6. The molecule has 0 aromatic rings. The van der Waals surface area contributed by atoms with Crippen LogP contribution in [0.15, 0.2) is 0 Å². The number of esters is 1. The minimum Gasteiger partial charge on any atom is -0.462 e. The fourth-order valence-corrected chi connectivity index (χ4v) is 2.79. The molecule has 0 amide bonds. The van der Waals surface area contributed by atoms with E-state index in [9.17, 15) is 4.79 Å². The molecule has 2 nitrogen and oxygen atoms in total. The number of carbonyl (C=O) groups excluding carboxylic acids is 1. The maximum Gasteiger partial charge on any atom is 0.309 e. The average molecular weight is 200 g/mol. The summed E-state index contributed by atoms with van der Waals surface area (Å²) >= 11 is 1.95. The summed E-state index contributed by atoms with van der Waals surface area (Å²) in [5, 5.41) is 0. The van der Waals surface area contributed by atoms with Crippen molar-refractivity contribution in [3.63, 3.8) is 0 Å². The summed E-state index contributed by atoms with van der Waals surface area (Å²) in [5.74, 6) is 2.54. The van der Waals surface area contributed by atoms with Crippen molar-refractivity contribution in [3.05, 3.63) is 0 Å². The maximum absolute atomic E-state index is 11.6. The van der Waals surface area contributed by atoms with Crippen LogP contribution in [0.4, 0.5) is 0 Å². The van der Waals surface area contributed by atoms with Gasteiger partial charge in [0, 0.05) is 0 Å². The first kappa shape index (κ1) is 9.38. The van der Waals surface area contributed by atoms with Gasteiger partial charge in [-0.25, -0.2) is 0 Å². The summed E-state index contributed by atoms with van der Waals surface area (Å²) in [6.45, 7) is 0. The van der Waals surface area contributed by atoms with Crippen molar-refractivity contribution < 1.29 is 9.53 Å². The first-order valence-corrected chi connectivity index (χ1v) is 6.30. The molecule has 3 heteroatoms. The van der Waals surface area contributed by atoms with Gasteiger partial charge in [-0.15, -0.1) is 0 Å². The van der Waals surface area contributed by atoms with E-state index in [4.69, 9.17) is 4.74 Å². The summed E-state index contributed by atoms with van der Waals surface area (Å²) in [6, 6.07) is 0. The lowest BCUT2D eigenvalue weighted by molar-refractivity contribution is -0.158. The number of rotatable bonds is 2. The highest BCUT2D eigenvalue weighted by atomic mass is 32.2. The highest BCUT2D eigenvalue weighted by Crippen LogP contribution is 2.27. The quantitative estimate of drug-likeness (QED) is 0.639. The van der Waals surface area contributed by atoms with Gasteiger partial charge in [-0.1, -0.05) is 0 Å². The molecule has 0 radical (unpaired) electrons. The molecule has 2 rings (SSSR count). The van der Waals surface area contributed by atoms with Crippen LogP contribution in [0.25, 0.3) is 0 Å². The molecule has 1 saturated carbocycles. The van der Waals surface area contributed by atoms with Gasteiger partial charge in [0.1, 0.15) is 6.10 Å². The van der Waals surface area contributed by atoms with Crippen LogP contribution in [0.5, 0.6) is 0 Å². The van der Waals surface area contributed by atoms with Gasteiger partial charge in [-0.05, 0) is 43.6 Å². The Hall–Kier alpha value is -0.180. The third-order valence-corrected chi connectivity index (χ3v) is 3.94. The van der Waals surface area contributed by atoms with E-state index in [1.807, 2.05) is 11.8 Å². The predicted molar refractivity (Wildman–Crippen MR) is 53.8 cm³/mol. The summed E-state index contributed by atoms with van der Waals surface area (Å²) in [7, 11) is 0. The van der Waals surface area contributed by atoms with Gasteiger partial charge in [0.25, 0.3) is 0 Å². The second-order valence-electron chi connectivity index (χ2n) is 3.88. The molecule has 1 heterocycles. The molecular formula is C10H16O2S. The largest absolute Gasteiger partial charge is 0.462 e. The maximum atomic E-state index is 11.6. The first-order valence-electron chi connectivity index (χ1n) is 5.14. The highest BCUT2D eigenvalue weighted by Gasteiger charge is 2.27. The fourth-order valence-electron chi connectivity index (χ4n) is 1.68. The van der Waals surface area contributed by atoms with E-state index in [1.54, 1.807) is 0 Å². The number of hydrogen-bond donors (Lipinski definition) is 0. The lowest BCUT2D eigenvalue weighted by Gasteiger charge is -2.28. The van der Waals surface area contributed by atoms with E-state index in [-0.39, 0.29) is 18.0 Å². The van der Waals surface area contributed by atoms with Crippen LogP contribution >= 0.6 is 11.8 Å². The smallest absolute Gasteiger partial charge is 0.309 e. The van der Waals surface area contributed by atoms with Crippen LogP contribution in [-0.2, 0) is 9.53 Å². The first-order chi connectivity index (χ1) is 6.36. The van der Waals surface area contributed by atoms with Gasteiger partial charge < -0.3 is 4.74 Å². The fraction of sp³-hybridized carbons (Fsp3) is 0.900. The van der Waals surface area contributed by atoms with E-state index >= 15 is 0 Å². The van der Waals surface area contributed by atoms with Crippen LogP contribution in [-0.4, -0.2) is 23.6 Å². The van der Waals surface area contributed by atoms with Crippen molar-refractivity contribution in [1.82, 2.24) is 0 Å². The zero-order valence-electron chi connectivity index (χ0n) is 7.83. The standard InChI is InChI=1S/C10H16O2S/c11-10(12-9-2-1-3-9)8-4-6-13-7-5-8/h8-9H,1-7H2. The van der Waals surface area contributed by atoms with Crippen LogP contribution in [0.1, 0.15) is 32.1 Å². The Labute approximate surface area is 83.4 Å². The summed E-state index contributed by atoms with van der Waals surface area (Å²) in [5.41, 5.74) is 0. The minimum absolute atomic E-state index is 0.0741. The molecule has 1 aliphatic carbocycles. The van der Waals surface area contributed by atoms with E-state index in [1.165, 1.54) is 6.42 Å². The zero-order chi connectivity index (χ0) is 9.10. The van der Waals surface area contributed by atoms with E-state index in [2.05, 4.69) is 0 Å².